The average molecular weight is 236 g/mol. The average Bonchev–Trinajstić information content (AvgIpc) is 2.18. The number of hydrogen-bond acceptors (Lipinski definition) is 3. The first kappa shape index (κ1) is 13.5. The lowest BCUT2D eigenvalue weighted by Crippen LogP contribution is -2.13. The van der Waals surface area contributed by atoms with Crippen molar-refractivity contribution >= 4 is 11.4 Å². The van der Waals surface area contributed by atoms with E-state index in [2.05, 4.69) is 26.1 Å². The molecule has 0 spiro atoms. The van der Waals surface area contributed by atoms with Gasteiger partial charge in [0.05, 0.1) is 4.92 Å². The molecule has 17 heavy (non-hydrogen) atoms. The largest absolute Gasteiger partial charge is 0.379 e. The van der Waals surface area contributed by atoms with Crippen LogP contribution in [0, 0.1) is 22.5 Å². The minimum Gasteiger partial charge on any atom is -0.379 e. The lowest BCUT2D eigenvalue weighted by Gasteiger charge is -2.18. The molecule has 4 heteroatoms. The van der Waals surface area contributed by atoms with E-state index in [0.29, 0.717) is 5.69 Å². The molecule has 0 fully saturated rings. The Bertz CT molecular complexity index is 408. The third-order valence-corrected chi connectivity index (χ3v) is 2.54. The summed E-state index contributed by atoms with van der Waals surface area (Å²) < 4.78 is 0. The Balaban J connectivity index is 2.74. The molecule has 0 atom stereocenters. The molecule has 0 aromatic heterocycles. The van der Waals surface area contributed by atoms with Crippen LogP contribution in [-0.4, -0.2) is 11.5 Å². The van der Waals surface area contributed by atoms with Crippen molar-refractivity contribution in [3.8, 4) is 0 Å². The number of rotatable bonds is 4. The summed E-state index contributed by atoms with van der Waals surface area (Å²) in [5.74, 6) is 0. The predicted molar refractivity (Wildman–Crippen MR) is 70.4 cm³/mol. The summed E-state index contributed by atoms with van der Waals surface area (Å²) in [6, 6.07) is 5.25. The molecule has 0 aliphatic heterocycles. The topological polar surface area (TPSA) is 55.2 Å². The van der Waals surface area contributed by atoms with Crippen molar-refractivity contribution in [1.29, 1.82) is 0 Å². The van der Waals surface area contributed by atoms with Crippen molar-refractivity contribution < 1.29 is 4.92 Å². The van der Waals surface area contributed by atoms with Crippen molar-refractivity contribution in [3.05, 3.63) is 33.9 Å². The molecule has 1 rings (SSSR count). The highest BCUT2D eigenvalue weighted by molar-refractivity contribution is 5.62. The second-order valence-electron chi connectivity index (χ2n) is 5.52. The molecule has 1 N–H and O–H groups in total. The second kappa shape index (κ2) is 5.17. The van der Waals surface area contributed by atoms with E-state index >= 15 is 0 Å². The van der Waals surface area contributed by atoms with Crippen LogP contribution in [0.25, 0.3) is 0 Å². The standard InChI is InChI=1S/C13H20N2O2/c1-10-5-6-11(12(9-10)15(16)17)14-8-7-13(2,3)4/h5-6,9,14H,7-8H2,1-4H3. The molecule has 0 saturated heterocycles. The van der Waals surface area contributed by atoms with Crippen molar-refractivity contribution in [2.45, 2.75) is 34.1 Å². The van der Waals surface area contributed by atoms with E-state index in [9.17, 15) is 10.1 Å². The maximum atomic E-state index is 10.9. The van der Waals surface area contributed by atoms with Crippen LogP contribution in [0.3, 0.4) is 0 Å². The van der Waals surface area contributed by atoms with Crippen LogP contribution in [0.2, 0.25) is 0 Å². The Morgan fingerprint density at radius 1 is 1.35 bits per heavy atom. The van der Waals surface area contributed by atoms with Crippen LogP contribution in [0.5, 0.6) is 0 Å². The summed E-state index contributed by atoms with van der Waals surface area (Å²) in [7, 11) is 0. The monoisotopic (exact) mass is 236 g/mol. The molecule has 0 heterocycles. The number of nitro benzene ring substituents is 1. The lowest BCUT2D eigenvalue weighted by molar-refractivity contribution is -0.384. The molecule has 0 aliphatic rings. The summed E-state index contributed by atoms with van der Waals surface area (Å²) in [6.45, 7) is 9.05. The van der Waals surface area contributed by atoms with Gasteiger partial charge in [0, 0.05) is 12.6 Å². The first-order valence-electron chi connectivity index (χ1n) is 5.78. The molecule has 0 saturated carbocycles. The Morgan fingerprint density at radius 3 is 2.53 bits per heavy atom. The summed E-state index contributed by atoms with van der Waals surface area (Å²) in [6.07, 6.45) is 0.970. The Kier molecular flexibility index (Phi) is 4.10. The van der Waals surface area contributed by atoms with Crippen LogP contribution in [0.15, 0.2) is 18.2 Å². The molecule has 0 unspecified atom stereocenters. The summed E-state index contributed by atoms with van der Waals surface area (Å²) in [5, 5.41) is 14.0. The third-order valence-electron chi connectivity index (χ3n) is 2.54. The number of nitrogens with one attached hydrogen (secondary N) is 1. The SMILES string of the molecule is Cc1ccc(NCCC(C)(C)C)c([N+](=O)[O-])c1. The number of hydrogen-bond donors (Lipinski definition) is 1. The van der Waals surface area contributed by atoms with Gasteiger partial charge in [0.2, 0.25) is 0 Å². The van der Waals surface area contributed by atoms with Gasteiger partial charge >= 0.3 is 0 Å². The van der Waals surface area contributed by atoms with Crippen LogP contribution in [-0.2, 0) is 0 Å². The fourth-order valence-electron chi connectivity index (χ4n) is 1.51. The lowest BCUT2D eigenvalue weighted by atomic mass is 9.92. The molecule has 0 radical (unpaired) electrons. The zero-order chi connectivity index (χ0) is 13.1. The molecule has 0 aliphatic carbocycles. The molecule has 0 amide bonds. The van der Waals surface area contributed by atoms with Crippen LogP contribution < -0.4 is 5.32 Å². The highest BCUT2D eigenvalue weighted by Gasteiger charge is 2.14. The van der Waals surface area contributed by atoms with Crippen LogP contribution >= 0.6 is 0 Å². The molecule has 4 nitrogen and oxygen atoms in total. The highest BCUT2D eigenvalue weighted by atomic mass is 16.6. The van der Waals surface area contributed by atoms with Gasteiger partial charge in [-0.05, 0) is 30.4 Å². The fourth-order valence-corrected chi connectivity index (χ4v) is 1.51. The van der Waals surface area contributed by atoms with Gasteiger partial charge in [0.1, 0.15) is 5.69 Å². The fraction of sp³-hybridized carbons (Fsp3) is 0.538. The number of nitro groups is 1. The van der Waals surface area contributed by atoms with E-state index in [4.69, 9.17) is 0 Å². The predicted octanol–water partition coefficient (Wildman–Crippen LogP) is 3.75. The van der Waals surface area contributed by atoms with E-state index < -0.39 is 0 Å². The van der Waals surface area contributed by atoms with E-state index in [1.165, 1.54) is 0 Å². The molecule has 1 aromatic rings. The Morgan fingerprint density at radius 2 is 2.00 bits per heavy atom. The number of aryl methyl sites for hydroxylation is 1. The number of benzene rings is 1. The highest BCUT2D eigenvalue weighted by Crippen LogP contribution is 2.26. The maximum absolute atomic E-state index is 10.9. The van der Waals surface area contributed by atoms with Gasteiger partial charge in [0.25, 0.3) is 5.69 Å². The smallest absolute Gasteiger partial charge is 0.292 e. The maximum Gasteiger partial charge on any atom is 0.292 e. The van der Waals surface area contributed by atoms with E-state index in [1.807, 2.05) is 13.0 Å². The quantitative estimate of drug-likeness (QED) is 0.639. The Hall–Kier alpha value is -1.58. The van der Waals surface area contributed by atoms with Gasteiger partial charge in [-0.15, -0.1) is 0 Å². The summed E-state index contributed by atoms with van der Waals surface area (Å²) in [5.41, 5.74) is 1.88. The molecule has 94 valence electrons. The minimum absolute atomic E-state index is 0.152. The van der Waals surface area contributed by atoms with Gasteiger partial charge in [-0.2, -0.15) is 0 Å². The normalized spacial score (nSPS) is 11.3. The second-order valence-corrected chi connectivity index (χ2v) is 5.52. The van der Waals surface area contributed by atoms with E-state index in [0.717, 1.165) is 18.5 Å². The van der Waals surface area contributed by atoms with Gasteiger partial charge in [0.15, 0.2) is 0 Å². The van der Waals surface area contributed by atoms with E-state index in [1.54, 1.807) is 12.1 Å². The third kappa shape index (κ3) is 4.43. The number of anilines is 1. The van der Waals surface area contributed by atoms with Crippen LogP contribution in [0.1, 0.15) is 32.8 Å². The van der Waals surface area contributed by atoms with E-state index in [-0.39, 0.29) is 16.0 Å². The van der Waals surface area contributed by atoms with Crippen molar-refractivity contribution in [1.82, 2.24) is 0 Å². The van der Waals surface area contributed by atoms with Gasteiger partial charge in [-0.3, -0.25) is 10.1 Å². The van der Waals surface area contributed by atoms with Gasteiger partial charge < -0.3 is 5.32 Å². The summed E-state index contributed by atoms with van der Waals surface area (Å²) >= 11 is 0. The first-order chi connectivity index (χ1) is 7.79. The zero-order valence-corrected chi connectivity index (χ0v) is 10.9. The summed E-state index contributed by atoms with van der Waals surface area (Å²) in [4.78, 5) is 10.6. The molecular weight excluding hydrogens is 216 g/mol. The van der Waals surface area contributed by atoms with Crippen molar-refractivity contribution in [3.63, 3.8) is 0 Å². The zero-order valence-electron chi connectivity index (χ0n) is 10.9. The molecule has 0 bridgehead atoms. The molecule has 1 aromatic carbocycles. The van der Waals surface area contributed by atoms with Crippen LogP contribution in [0.4, 0.5) is 11.4 Å². The van der Waals surface area contributed by atoms with Crippen molar-refractivity contribution in [2.24, 2.45) is 5.41 Å². The number of nitrogens with zero attached hydrogens (tertiary/aromatic N) is 1. The first-order valence-corrected chi connectivity index (χ1v) is 5.78. The Labute approximate surface area is 102 Å². The minimum atomic E-state index is -0.341. The van der Waals surface area contributed by atoms with Gasteiger partial charge in [-0.1, -0.05) is 26.8 Å². The van der Waals surface area contributed by atoms with Crippen molar-refractivity contribution in [2.75, 3.05) is 11.9 Å². The van der Waals surface area contributed by atoms with Gasteiger partial charge in [-0.25, -0.2) is 0 Å². The molecular formula is C13H20N2O2.